The van der Waals surface area contributed by atoms with E-state index in [1.165, 1.54) is 35.4 Å². The quantitative estimate of drug-likeness (QED) is 0.325. The van der Waals surface area contributed by atoms with E-state index in [2.05, 4.69) is 4.98 Å². The Balaban J connectivity index is 1.66. The molecule has 35 heavy (non-hydrogen) atoms. The number of carbonyl (C=O) groups is 2. The molecule has 0 radical (unpaired) electrons. The fourth-order valence-electron chi connectivity index (χ4n) is 4.47. The fourth-order valence-corrected chi connectivity index (χ4v) is 4.99. The van der Waals surface area contributed by atoms with Crippen LogP contribution in [0.25, 0.3) is 5.76 Å². The Morgan fingerprint density at radius 1 is 1.14 bits per heavy atom. The predicted molar refractivity (Wildman–Crippen MR) is 127 cm³/mol. The number of carbonyl (C=O) groups excluding carboxylic acids is 2. The highest BCUT2D eigenvalue weighted by molar-refractivity contribution is 7.89. The molecule has 1 fully saturated rings. The van der Waals surface area contributed by atoms with E-state index in [0.29, 0.717) is 23.3 Å². The van der Waals surface area contributed by atoms with E-state index in [-0.39, 0.29) is 28.0 Å². The SMILES string of the molecule is CC1Cc2cc(/C(O)=C3/C(=O)C(=O)N(c4ccc(S(N)(=O)=O)cc4)C3c3cccnc3)ccc2O1. The van der Waals surface area contributed by atoms with Gasteiger partial charge >= 0.3 is 0 Å². The summed E-state index contributed by atoms with van der Waals surface area (Å²) in [5, 5.41) is 16.5. The van der Waals surface area contributed by atoms with Crippen LogP contribution < -0.4 is 14.8 Å². The molecule has 10 heteroatoms. The Kier molecular flexibility index (Phi) is 5.42. The minimum absolute atomic E-state index is 0.00340. The van der Waals surface area contributed by atoms with Crippen LogP contribution in [0.5, 0.6) is 5.75 Å². The van der Waals surface area contributed by atoms with E-state index in [1.54, 1.807) is 36.5 Å². The van der Waals surface area contributed by atoms with Crippen LogP contribution in [0.15, 0.2) is 77.5 Å². The highest BCUT2D eigenvalue weighted by Crippen LogP contribution is 2.42. The topological polar surface area (TPSA) is 140 Å². The molecule has 2 aliphatic heterocycles. The number of ketones is 1. The van der Waals surface area contributed by atoms with E-state index in [4.69, 9.17) is 9.88 Å². The van der Waals surface area contributed by atoms with Crippen LogP contribution in [0, 0.1) is 0 Å². The standard InChI is InChI=1S/C25H21N3O6S/c1-14-11-17-12-15(4-9-20(17)34-14)23(29)21-22(16-3-2-10-27-13-16)28(25(31)24(21)30)18-5-7-19(8-6-18)35(26,32)33/h2-10,12-14,22,29H,11H2,1H3,(H2,26,32,33)/b23-21-. The maximum absolute atomic E-state index is 13.2. The number of fused-ring (bicyclic) bond motifs is 1. The first-order valence-corrected chi connectivity index (χ1v) is 12.3. The molecule has 1 aromatic heterocycles. The number of aromatic nitrogens is 1. The third-order valence-corrected chi connectivity index (χ3v) is 6.99. The molecule has 0 saturated carbocycles. The lowest BCUT2D eigenvalue weighted by molar-refractivity contribution is -0.132. The van der Waals surface area contributed by atoms with Crippen molar-refractivity contribution in [2.75, 3.05) is 4.90 Å². The Hall–Kier alpha value is -4.02. The average Bonchev–Trinajstić information content (AvgIpc) is 3.34. The maximum Gasteiger partial charge on any atom is 0.300 e. The molecule has 0 bridgehead atoms. The van der Waals surface area contributed by atoms with Gasteiger partial charge in [-0.25, -0.2) is 13.6 Å². The maximum atomic E-state index is 13.2. The number of primary sulfonamides is 1. The number of benzene rings is 2. The molecule has 2 atom stereocenters. The Morgan fingerprint density at radius 3 is 2.54 bits per heavy atom. The van der Waals surface area contributed by atoms with Crippen LogP contribution in [-0.4, -0.2) is 36.3 Å². The number of aliphatic hydroxyl groups excluding tert-OH is 1. The first kappa shape index (κ1) is 22.8. The Bertz CT molecular complexity index is 1480. The molecule has 5 rings (SSSR count). The molecule has 0 spiro atoms. The second-order valence-electron chi connectivity index (χ2n) is 8.45. The van der Waals surface area contributed by atoms with Gasteiger partial charge in [-0.15, -0.1) is 0 Å². The molecule has 3 N–H and O–H groups in total. The summed E-state index contributed by atoms with van der Waals surface area (Å²) in [6.45, 7) is 1.94. The van der Waals surface area contributed by atoms with Crippen molar-refractivity contribution in [2.24, 2.45) is 5.14 Å². The van der Waals surface area contributed by atoms with E-state index in [0.717, 1.165) is 5.56 Å². The molecule has 1 saturated heterocycles. The molecular formula is C25H21N3O6S. The van der Waals surface area contributed by atoms with Crippen LogP contribution in [0.2, 0.25) is 0 Å². The lowest BCUT2D eigenvalue weighted by Crippen LogP contribution is -2.29. The van der Waals surface area contributed by atoms with Gasteiger partial charge in [-0.05, 0) is 66.6 Å². The van der Waals surface area contributed by atoms with Crippen molar-refractivity contribution in [3.05, 3.63) is 89.3 Å². The van der Waals surface area contributed by atoms with Crippen LogP contribution in [0.1, 0.15) is 29.7 Å². The van der Waals surface area contributed by atoms with Crippen molar-refractivity contribution >= 4 is 33.2 Å². The summed E-state index contributed by atoms with van der Waals surface area (Å²) >= 11 is 0. The van der Waals surface area contributed by atoms with Crippen molar-refractivity contribution in [1.82, 2.24) is 4.98 Å². The van der Waals surface area contributed by atoms with Crippen molar-refractivity contribution in [2.45, 2.75) is 30.4 Å². The molecule has 3 aromatic rings. The summed E-state index contributed by atoms with van der Waals surface area (Å²) in [6, 6.07) is 12.8. The number of ether oxygens (including phenoxy) is 1. The highest BCUT2D eigenvalue weighted by Gasteiger charge is 2.47. The smallest absolute Gasteiger partial charge is 0.300 e. The number of anilines is 1. The van der Waals surface area contributed by atoms with Gasteiger partial charge < -0.3 is 9.84 Å². The van der Waals surface area contributed by atoms with Gasteiger partial charge in [0.1, 0.15) is 17.6 Å². The molecule has 0 aliphatic carbocycles. The third-order valence-electron chi connectivity index (χ3n) is 6.06. The molecule has 178 valence electrons. The number of nitrogens with zero attached hydrogens (tertiary/aromatic N) is 2. The summed E-state index contributed by atoms with van der Waals surface area (Å²) in [5.74, 6) is -1.32. The summed E-state index contributed by atoms with van der Waals surface area (Å²) in [5.41, 5.74) is 1.96. The number of hydrogen-bond donors (Lipinski definition) is 2. The second kappa shape index (κ2) is 8.33. The summed E-state index contributed by atoms with van der Waals surface area (Å²) in [4.78, 5) is 31.6. The van der Waals surface area contributed by atoms with Gasteiger partial charge in [0, 0.05) is 30.1 Å². The van der Waals surface area contributed by atoms with Crippen LogP contribution in [0.3, 0.4) is 0 Å². The number of pyridine rings is 1. The number of nitrogens with two attached hydrogens (primary N) is 1. The van der Waals surface area contributed by atoms with E-state index in [9.17, 15) is 23.1 Å². The van der Waals surface area contributed by atoms with Crippen molar-refractivity contribution in [3.63, 3.8) is 0 Å². The summed E-state index contributed by atoms with van der Waals surface area (Å²) in [7, 11) is -3.94. The van der Waals surface area contributed by atoms with Gasteiger partial charge in [0.15, 0.2) is 0 Å². The first-order valence-electron chi connectivity index (χ1n) is 10.8. The normalized spacial score (nSPS) is 21.1. The van der Waals surface area contributed by atoms with Crippen molar-refractivity contribution < 1.29 is 27.9 Å². The van der Waals surface area contributed by atoms with Crippen LogP contribution in [-0.2, 0) is 26.0 Å². The van der Waals surface area contributed by atoms with Gasteiger partial charge in [-0.1, -0.05) is 6.07 Å². The van der Waals surface area contributed by atoms with Gasteiger partial charge in [0.25, 0.3) is 11.7 Å². The molecule has 2 unspecified atom stereocenters. The highest BCUT2D eigenvalue weighted by atomic mass is 32.2. The number of hydrogen-bond acceptors (Lipinski definition) is 7. The van der Waals surface area contributed by atoms with E-state index >= 15 is 0 Å². The zero-order valence-corrected chi connectivity index (χ0v) is 19.4. The molecule has 2 aliphatic rings. The molecular weight excluding hydrogens is 470 g/mol. The lowest BCUT2D eigenvalue weighted by Gasteiger charge is -2.25. The van der Waals surface area contributed by atoms with E-state index in [1.807, 2.05) is 6.92 Å². The average molecular weight is 492 g/mol. The number of Topliss-reactive ketones (excluding diaryl/α,β-unsaturated/α-hetero) is 1. The van der Waals surface area contributed by atoms with Crippen LogP contribution >= 0.6 is 0 Å². The number of sulfonamides is 1. The minimum atomic E-state index is -3.94. The fraction of sp³-hybridized carbons (Fsp3) is 0.160. The summed E-state index contributed by atoms with van der Waals surface area (Å²) in [6.07, 6.45) is 3.72. The predicted octanol–water partition coefficient (Wildman–Crippen LogP) is 2.68. The molecule has 3 heterocycles. The molecule has 1 amide bonds. The van der Waals surface area contributed by atoms with Gasteiger partial charge in [0.05, 0.1) is 16.5 Å². The minimum Gasteiger partial charge on any atom is -0.507 e. The van der Waals surface area contributed by atoms with Gasteiger partial charge in [-0.3, -0.25) is 19.5 Å². The monoisotopic (exact) mass is 491 g/mol. The van der Waals surface area contributed by atoms with Crippen molar-refractivity contribution in [3.8, 4) is 5.75 Å². The first-order chi connectivity index (χ1) is 16.6. The van der Waals surface area contributed by atoms with Gasteiger partial charge in [-0.2, -0.15) is 0 Å². The number of amides is 1. The Labute approximate surface area is 201 Å². The molecule has 2 aromatic carbocycles. The summed E-state index contributed by atoms with van der Waals surface area (Å²) < 4.78 is 29.0. The van der Waals surface area contributed by atoms with E-state index < -0.39 is 27.8 Å². The lowest BCUT2D eigenvalue weighted by atomic mass is 9.95. The Morgan fingerprint density at radius 2 is 1.89 bits per heavy atom. The van der Waals surface area contributed by atoms with Gasteiger partial charge in [0.2, 0.25) is 10.0 Å². The second-order valence-corrected chi connectivity index (χ2v) is 10.0. The molecule has 9 nitrogen and oxygen atoms in total. The number of rotatable bonds is 4. The largest absolute Gasteiger partial charge is 0.507 e. The van der Waals surface area contributed by atoms with Crippen molar-refractivity contribution in [1.29, 1.82) is 0 Å². The third kappa shape index (κ3) is 3.96. The number of aliphatic hydroxyl groups is 1. The zero-order chi connectivity index (χ0) is 24.9. The van der Waals surface area contributed by atoms with Crippen LogP contribution in [0.4, 0.5) is 5.69 Å². The zero-order valence-electron chi connectivity index (χ0n) is 18.6.